The summed E-state index contributed by atoms with van der Waals surface area (Å²) in [6.07, 6.45) is 2.23. The van der Waals surface area contributed by atoms with Crippen molar-refractivity contribution in [3.63, 3.8) is 0 Å². The van der Waals surface area contributed by atoms with E-state index in [1.54, 1.807) is 36.4 Å². The van der Waals surface area contributed by atoms with Gasteiger partial charge in [-0.05, 0) is 67.6 Å². The van der Waals surface area contributed by atoms with Crippen LogP contribution in [0.4, 0.5) is 5.69 Å². The number of benzene rings is 2. The van der Waals surface area contributed by atoms with Crippen LogP contribution in [0.3, 0.4) is 0 Å². The number of hydrogen-bond donors (Lipinski definition) is 1. The van der Waals surface area contributed by atoms with E-state index in [0.717, 1.165) is 33.7 Å². The van der Waals surface area contributed by atoms with Crippen LogP contribution in [0.15, 0.2) is 42.5 Å². The van der Waals surface area contributed by atoms with Crippen LogP contribution in [0.1, 0.15) is 43.4 Å². The van der Waals surface area contributed by atoms with Crippen molar-refractivity contribution in [3.05, 3.63) is 64.2 Å². The Morgan fingerprint density at radius 3 is 2.12 bits per heavy atom. The minimum Gasteiger partial charge on any atom is -0.354 e. The van der Waals surface area contributed by atoms with Crippen LogP contribution in [-0.2, 0) is 26.2 Å². The van der Waals surface area contributed by atoms with Gasteiger partial charge >= 0.3 is 0 Å². The van der Waals surface area contributed by atoms with Crippen molar-refractivity contribution >= 4 is 39.1 Å². The summed E-state index contributed by atoms with van der Waals surface area (Å²) in [7, 11) is -3.76. The number of nitrogens with one attached hydrogen (secondary N) is 1. The first kappa shape index (κ1) is 27.7. The molecule has 0 aliphatic heterocycles. The molecule has 2 aromatic rings. The molecule has 0 bridgehead atoms. The van der Waals surface area contributed by atoms with Crippen LogP contribution in [0.25, 0.3) is 0 Å². The van der Waals surface area contributed by atoms with Gasteiger partial charge in [-0.3, -0.25) is 13.9 Å². The molecule has 9 heteroatoms. The molecule has 1 N–H and O–H groups in total. The Morgan fingerprint density at radius 1 is 1.03 bits per heavy atom. The average molecular weight is 508 g/mol. The van der Waals surface area contributed by atoms with Crippen molar-refractivity contribution in [2.24, 2.45) is 0 Å². The van der Waals surface area contributed by atoms with Crippen molar-refractivity contribution in [1.82, 2.24) is 10.2 Å². The molecule has 2 aromatic carbocycles. The zero-order valence-corrected chi connectivity index (χ0v) is 22.0. The van der Waals surface area contributed by atoms with E-state index in [9.17, 15) is 18.0 Å². The van der Waals surface area contributed by atoms with Gasteiger partial charge in [-0.15, -0.1) is 0 Å². The molecule has 0 aliphatic rings. The number of carbonyl (C=O) groups excluding carboxylic acids is 2. The molecule has 1 atom stereocenters. The monoisotopic (exact) mass is 507 g/mol. The lowest BCUT2D eigenvalue weighted by Gasteiger charge is -2.33. The molecule has 186 valence electrons. The third-order valence-corrected chi connectivity index (χ3v) is 6.77. The Morgan fingerprint density at radius 2 is 1.62 bits per heavy atom. The minimum atomic E-state index is -3.76. The number of nitrogens with zero attached hydrogens (tertiary/aromatic N) is 2. The number of amides is 2. The second-order valence-electron chi connectivity index (χ2n) is 8.48. The number of halogens is 1. The quantitative estimate of drug-likeness (QED) is 0.497. The van der Waals surface area contributed by atoms with E-state index >= 15 is 0 Å². The Kier molecular flexibility index (Phi) is 9.94. The van der Waals surface area contributed by atoms with Gasteiger partial charge in [-0.1, -0.05) is 43.6 Å². The van der Waals surface area contributed by atoms with E-state index in [-0.39, 0.29) is 12.5 Å². The predicted octanol–water partition coefficient (Wildman–Crippen LogP) is 4.06. The molecule has 2 rings (SSSR count). The first-order chi connectivity index (χ1) is 16.0. The topological polar surface area (TPSA) is 86.8 Å². The zero-order chi connectivity index (χ0) is 25.5. The van der Waals surface area contributed by atoms with Gasteiger partial charge in [0, 0.05) is 18.1 Å². The Labute approximate surface area is 208 Å². The fraction of sp³-hybridized carbons (Fsp3) is 0.440. The van der Waals surface area contributed by atoms with Crippen LogP contribution < -0.4 is 9.62 Å². The molecule has 0 heterocycles. The van der Waals surface area contributed by atoms with E-state index in [2.05, 4.69) is 5.32 Å². The zero-order valence-electron chi connectivity index (χ0n) is 20.5. The maximum absolute atomic E-state index is 13.6. The number of sulfonamides is 1. The van der Waals surface area contributed by atoms with E-state index in [1.807, 2.05) is 33.8 Å². The summed E-state index contributed by atoms with van der Waals surface area (Å²) in [5, 5.41) is 3.42. The van der Waals surface area contributed by atoms with Crippen molar-refractivity contribution in [2.75, 3.05) is 23.7 Å². The summed E-state index contributed by atoms with van der Waals surface area (Å²) in [6, 6.07) is 11.7. The summed E-state index contributed by atoms with van der Waals surface area (Å²) in [6.45, 7) is 7.76. The van der Waals surface area contributed by atoms with Crippen molar-refractivity contribution < 1.29 is 18.0 Å². The molecule has 0 aromatic heterocycles. The Balaban J connectivity index is 2.44. The van der Waals surface area contributed by atoms with E-state index in [4.69, 9.17) is 11.6 Å². The summed E-state index contributed by atoms with van der Waals surface area (Å²) < 4.78 is 26.5. The maximum atomic E-state index is 13.6. The number of anilines is 1. The third-order valence-electron chi connectivity index (χ3n) is 5.37. The minimum absolute atomic E-state index is 0.151. The highest BCUT2D eigenvalue weighted by Gasteiger charge is 2.31. The molecular formula is C25H34ClN3O4S. The second-order valence-corrected chi connectivity index (χ2v) is 10.8. The fourth-order valence-corrected chi connectivity index (χ4v) is 4.74. The summed E-state index contributed by atoms with van der Waals surface area (Å²) in [5.41, 5.74) is 2.99. The second kappa shape index (κ2) is 12.2. The first-order valence-corrected chi connectivity index (χ1v) is 13.6. The molecule has 0 saturated carbocycles. The predicted molar refractivity (Wildman–Crippen MR) is 137 cm³/mol. The van der Waals surface area contributed by atoms with Crippen LogP contribution >= 0.6 is 11.6 Å². The standard InChI is InChI=1S/C25H34ClN3O4S/c1-6-12-27-25(31)23(7-2)28(16-20-8-10-21(26)11-9-20)24(30)17-29(34(5,32)33)22-14-18(3)13-19(4)15-22/h8-11,13-15,23H,6-7,12,16-17H2,1-5H3,(H,27,31)/t23-/m1/s1. The molecular weight excluding hydrogens is 474 g/mol. The van der Waals surface area contributed by atoms with Crippen LogP contribution in [0, 0.1) is 13.8 Å². The first-order valence-electron chi connectivity index (χ1n) is 11.3. The highest BCUT2D eigenvalue weighted by molar-refractivity contribution is 7.92. The lowest BCUT2D eigenvalue weighted by Crippen LogP contribution is -2.52. The van der Waals surface area contributed by atoms with E-state index < -0.39 is 28.5 Å². The van der Waals surface area contributed by atoms with Gasteiger partial charge < -0.3 is 10.2 Å². The number of aryl methyl sites for hydroxylation is 2. The fourth-order valence-electron chi connectivity index (χ4n) is 3.78. The van der Waals surface area contributed by atoms with Gasteiger partial charge in [0.05, 0.1) is 11.9 Å². The molecule has 0 spiro atoms. The van der Waals surface area contributed by atoms with Crippen molar-refractivity contribution in [2.45, 2.75) is 53.1 Å². The SMILES string of the molecule is CCCNC(=O)[C@@H](CC)N(Cc1ccc(Cl)cc1)C(=O)CN(c1cc(C)cc(C)c1)S(C)(=O)=O. The van der Waals surface area contributed by atoms with E-state index in [1.165, 1.54) is 4.90 Å². The largest absolute Gasteiger partial charge is 0.354 e. The van der Waals surface area contributed by atoms with Crippen molar-refractivity contribution in [3.8, 4) is 0 Å². The summed E-state index contributed by atoms with van der Waals surface area (Å²) >= 11 is 6.00. The number of hydrogen-bond acceptors (Lipinski definition) is 4. The average Bonchev–Trinajstić information content (AvgIpc) is 2.75. The number of rotatable bonds is 11. The molecule has 0 aliphatic carbocycles. The highest BCUT2D eigenvalue weighted by Crippen LogP contribution is 2.23. The van der Waals surface area contributed by atoms with Gasteiger partial charge in [0.1, 0.15) is 12.6 Å². The molecule has 7 nitrogen and oxygen atoms in total. The van der Waals surface area contributed by atoms with Crippen molar-refractivity contribution in [1.29, 1.82) is 0 Å². The summed E-state index contributed by atoms with van der Waals surface area (Å²) in [5.74, 6) is -0.720. The molecule has 0 radical (unpaired) electrons. The Bertz CT molecular complexity index is 1080. The highest BCUT2D eigenvalue weighted by atomic mass is 35.5. The smallest absolute Gasteiger partial charge is 0.244 e. The van der Waals surface area contributed by atoms with Gasteiger partial charge in [0.2, 0.25) is 21.8 Å². The molecule has 34 heavy (non-hydrogen) atoms. The van der Waals surface area contributed by atoms with Crippen LogP contribution in [0.5, 0.6) is 0 Å². The number of carbonyl (C=O) groups is 2. The Hall–Kier alpha value is -2.58. The van der Waals surface area contributed by atoms with Gasteiger partial charge in [-0.2, -0.15) is 0 Å². The summed E-state index contributed by atoms with van der Waals surface area (Å²) in [4.78, 5) is 28.0. The molecule has 0 unspecified atom stereocenters. The molecule has 2 amide bonds. The maximum Gasteiger partial charge on any atom is 0.244 e. The third kappa shape index (κ3) is 7.74. The normalized spacial score (nSPS) is 12.2. The lowest BCUT2D eigenvalue weighted by atomic mass is 10.1. The van der Waals surface area contributed by atoms with Gasteiger partial charge in [0.15, 0.2) is 0 Å². The molecule has 0 fully saturated rings. The van der Waals surface area contributed by atoms with E-state index in [0.29, 0.717) is 23.7 Å². The van der Waals surface area contributed by atoms with Gasteiger partial charge in [-0.25, -0.2) is 8.42 Å². The van der Waals surface area contributed by atoms with Crippen LogP contribution in [0.2, 0.25) is 5.02 Å². The lowest BCUT2D eigenvalue weighted by molar-refractivity contribution is -0.140. The van der Waals surface area contributed by atoms with Gasteiger partial charge in [0.25, 0.3) is 0 Å². The van der Waals surface area contributed by atoms with Crippen LogP contribution in [-0.4, -0.2) is 50.5 Å². The molecule has 0 saturated heterocycles.